The van der Waals surface area contributed by atoms with E-state index in [-0.39, 0.29) is 11.8 Å². The van der Waals surface area contributed by atoms with Gasteiger partial charge in [0.15, 0.2) is 0 Å². The van der Waals surface area contributed by atoms with Gasteiger partial charge in [-0.25, -0.2) is 0 Å². The lowest BCUT2D eigenvalue weighted by Gasteiger charge is -2.44. The molecule has 1 unspecified atom stereocenters. The molecule has 0 aromatic heterocycles. The van der Waals surface area contributed by atoms with Gasteiger partial charge in [0.2, 0.25) is 11.8 Å². The third-order valence-electron chi connectivity index (χ3n) is 5.23. The van der Waals surface area contributed by atoms with Crippen molar-refractivity contribution in [3.05, 3.63) is 35.9 Å². The first-order valence-corrected chi connectivity index (χ1v) is 8.80. The first-order valence-electron chi connectivity index (χ1n) is 8.80. The van der Waals surface area contributed by atoms with Gasteiger partial charge in [0.05, 0.1) is 13.0 Å². The summed E-state index contributed by atoms with van der Waals surface area (Å²) < 4.78 is 5.03. The highest BCUT2D eigenvalue weighted by Gasteiger charge is 2.52. The molecule has 0 N–H and O–H groups in total. The zero-order chi connectivity index (χ0) is 17.0. The lowest BCUT2D eigenvalue weighted by Crippen LogP contribution is -2.61. The third-order valence-corrected chi connectivity index (χ3v) is 5.23. The van der Waals surface area contributed by atoms with Gasteiger partial charge in [-0.15, -0.1) is 0 Å². The molecule has 5 nitrogen and oxygen atoms in total. The molecule has 0 aliphatic carbocycles. The summed E-state index contributed by atoms with van der Waals surface area (Å²) >= 11 is 0. The van der Waals surface area contributed by atoms with Crippen molar-refractivity contribution in [3.63, 3.8) is 0 Å². The quantitative estimate of drug-likeness (QED) is 0.832. The van der Waals surface area contributed by atoms with Crippen LogP contribution in [0.4, 0.5) is 0 Å². The highest BCUT2D eigenvalue weighted by Crippen LogP contribution is 2.39. The number of amides is 2. The van der Waals surface area contributed by atoms with Crippen LogP contribution in [0.1, 0.15) is 37.7 Å². The van der Waals surface area contributed by atoms with Gasteiger partial charge in [-0.1, -0.05) is 30.3 Å². The summed E-state index contributed by atoms with van der Waals surface area (Å²) in [7, 11) is 1.60. The Morgan fingerprint density at radius 2 is 1.88 bits per heavy atom. The van der Waals surface area contributed by atoms with Crippen LogP contribution >= 0.6 is 0 Å². The second-order valence-electron chi connectivity index (χ2n) is 6.74. The Morgan fingerprint density at radius 3 is 2.58 bits per heavy atom. The Hall–Kier alpha value is -1.88. The molecule has 2 fully saturated rings. The normalized spacial score (nSPS) is 24.0. The molecule has 5 heteroatoms. The van der Waals surface area contributed by atoms with Crippen molar-refractivity contribution < 1.29 is 14.3 Å². The molecule has 2 aliphatic heterocycles. The summed E-state index contributed by atoms with van der Waals surface area (Å²) in [4.78, 5) is 29.6. The number of piperidine rings is 1. The lowest BCUT2D eigenvalue weighted by molar-refractivity contribution is -0.156. The minimum atomic E-state index is -0.613. The molecule has 1 atom stereocenters. The van der Waals surface area contributed by atoms with E-state index < -0.39 is 5.54 Å². The minimum absolute atomic E-state index is 0.0456. The van der Waals surface area contributed by atoms with Crippen LogP contribution in [-0.2, 0) is 20.9 Å². The number of carbonyl (C=O) groups is 2. The number of ether oxygens (including phenoxy) is 1. The van der Waals surface area contributed by atoms with Gasteiger partial charge in [0.1, 0.15) is 5.54 Å². The molecular formula is C19H26N2O3. The smallest absolute Gasteiger partial charge is 0.248 e. The van der Waals surface area contributed by atoms with Crippen molar-refractivity contribution in [3.8, 4) is 0 Å². The van der Waals surface area contributed by atoms with Gasteiger partial charge < -0.3 is 14.5 Å². The van der Waals surface area contributed by atoms with Gasteiger partial charge in [-0.3, -0.25) is 9.59 Å². The molecule has 2 heterocycles. The second kappa shape index (κ2) is 7.34. The first kappa shape index (κ1) is 17.0. The Labute approximate surface area is 143 Å². The van der Waals surface area contributed by atoms with Crippen LogP contribution < -0.4 is 0 Å². The molecule has 3 rings (SSSR count). The molecule has 1 aromatic carbocycles. The molecule has 2 amide bonds. The van der Waals surface area contributed by atoms with Crippen LogP contribution in [0, 0.1) is 0 Å². The van der Waals surface area contributed by atoms with Gasteiger partial charge in [-0.05, 0) is 31.2 Å². The minimum Gasteiger partial charge on any atom is -0.384 e. The van der Waals surface area contributed by atoms with Crippen LogP contribution in [-0.4, -0.2) is 54.0 Å². The predicted octanol–water partition coefficient (Wildman–Crippen LogP) is 2.21. The first-order chi connectivity index (χ1) is 11.7. The van der Waals surface area contributed by atoms with E-state index in [0.29, 0.717) is 26.1 Å². The number of hydrogen-bond acceptors (Lipinski definition) is 3. The van der Waals surface area contributed by atoms with Crippen molar-refractivity contribution in [2.45, 2.75) is 44.2 Å². The van der Waals surface area contributed by atoms with Gasteiger partial charge in [-0.2, -0.15) is 0 Å². The summed E-state index contributed by atoms with van der Waals surface area (Å²) in [6, 6.07) is 10.1. The Morgan fingerprint density at radius 1 is 1.17 bits per heavy atom. The summed E-state index contributed by atoms with van der Waals surface area (Å²) in [5, 5.41) is 0. The Kier molecular flexibility index (Phi) is 5.19. The van der Waals surface area contributed by atoms with E-state index in [1.54, 1.807) is 7.11 Å². The number of benzene rings is 1. The average molecular weight is 330 g/mol. The summed E-state index contributed by atoms with van der Waals surface area (Å²) in [6.45, 7) is 2.50. The molecule has 0 bridgehead atoms. The number of likely N-dealkylation sites (tertiary alicyclic amines) is 2. The third kappa shape index (κ3) is 3.18. The second-order valence-corrected chi connectivity index (χ2v) is 6.74. The maximum Gasteiger partial charge on any atom is 0.248 e. The van der Waals surface area contributed by atoms with Crippen LogP contribution in [0.15, 0.2) is 30.3 Å². The fourth-order valence-corrected chi connectivity index (χ4v) is 4.07. The lowest BCUT2D eigenvalue weighted by atomic mass is 9.85. The van der Waals surface area contributed by atoms with Crippen molar-refractivity contribution in [1.82, 2.24) is 9.80 Å². The van der Waals surface area contributed by atoms with Crippen LogP contribution in [0.25, 0.3) is 0 Å². The summed E-state index contributed by atoms with van der Waals surface area (Å²) in [5.74, 6) is 0.171. The van der Waals surface area contributed by atoms with Crippen molar-refractivity contribution in [2.75, 3.05) is 26.8 Å². The SMILES string of the molecule is COCCC(=O)N1CCCC12CCCN(Cc1ccccc1)C2=O. The molecule has 0 radical (unpaired) electrons. The number of nitrogens with zero attached hydrogens (tertiary/aromatic N) is 2. The maximum absolute atomic E-state index is 13.2. The van der Waals surface area contributed by atoms with Crippen molar-refractivity contribution >= 4 is 11.8 Å². The van der Waals surface area contributed by atoms with E-state index in [0.717, 1.165) is 37.8 Å². The number of carbonyl (C=O) groups excluding carboxylic acids is 2. The van der Waals surface area contributed by atoms with Gasteiger partial charge in [0.25, 0.3) is 0 Å². The molecule has 0 saturated carbocycles. The average Bonchev–Trinajstić information content (AvgIpc) is 3.02. The predicted molar refractivity (Wildman–Crippen MR) is 91.3 cm³/mol. The molecule has 2 aliphatic rings. The van der Waals surface area contributed by atoms with E-state index in [4.69, 9.17) is 4.74 Å². The van der Waals surface area contributed by atoms with E-state index in [9.17, 15) is 9.59 Å². The Bertz CT molecular complexity index is 590. The molecule has 130 valence electrons. The Balaban J connectivity index is 1.76. The number of rotatable bonds is 5. The van der Waals surface area contributed by atoms with Crippen LogP contribution in [0.3, 0.4) is 0 Å². The molecular weight excluding hydrogens is 304 g/mol. The standard InChI is InChI=1S/C19H26N2O3/c1-24-14-9-17(22)21-13-6-11-19(21)10-5-12-20(18(19)23)15-16-7-3-2-4-8-16/h2-4,7-8H,5-6,9-15H2,1H3. The van der Waals surface area contributed by atoms with E-state index in [1.807, 2.05) is 40.1 Å². The fraction of sp³-hybridized carbons (Fsp3) is 0.579. The molecule has 1 aromatic rings. The molecule has 1 spiro atoms. The fourth-order valence-electron chi connectivity index (χ4n) is 4.07. The molecule has 24 heavy (non-hydrogen) atoms. The summed E-state index contributed by atoms with van der Waals surface area (Å²) in [5.41, 5.74) is 0.524. The molecule has 2 saturated heterocycles. The zero-order valence-electron chi connectivity index (χ0n) is 14.4. The van der Waals surface area contributed by atoms with E-state index in [1.165, 1.54) is 0 Å². The summed E-state index contributed by atoms with van der Waals surface area (Å²) in [6.07, 6.45) is 3.78. The van der Waals surface area contributed by atoms with Gasteiger partial charge in [0, 0.05) is 26.7 Å². The van der Waals surface area contributed by atoms with Crippen molar-refractivity contribution in [2.24, 2.45) is 0 Å². The van der Waals surface area contributed by atoms with Crippen LogP contribution in [0.2, 0.25) is 0 Å². The number of hydrogen-bond donors (Lipinski definition) is 0. The van der Waals surface area contributed by atoms with Crippen LogP contribution in [0.5, 0.6) is 0 Å². The van der Waals surface area contributed by atoms with Crippen molar-refractivity contribution in [1.29, 1.82) is 0 Å². The van der Waals surface area contributed by atoms with E-state index >= 15 is 0 Å². The highest BCUT2D eigenvalue weighted by molar-refractivity contribution is 5.92. The number of methoxy groups -OCH3 is 1. The van der Waals surface area contributed by atoms with Gasteiger partial charge >= 0.3 is 0 Å². The largest absolute Gasteiger partial charge is 0.384 e. The maximum atomic E-state index is 13.2. The highest BCUT2D eigenvalue weighted by atomic mass is 16.5. The van der Waals surface area contributed by atoms with E-state index in [2.05, 4.69) is 0 Å². The topological polar surface area (TPSA) is 49.9 Å². The zero-order valence-corrected chi connectivity index (χ0v) is 14.4. The monoisotopic (exact) mass is 330 g/mol.